The predicted molar refractivity (Wildman–Crippen MR) is 86.2 cm³/mol. The van der Waals surface area contributed by atoms with E-state index in [-0.39, 0.29) is 35.7 Å². The van der Waals surface area contributed by atoms with Gasteiger partial charge in [0.2, 0.25) is 0 Å². The summed E-state index contributed by atoms with van der Waals surface area (Å²) in [5.41, 5.74) is 5.44. The van der Waals surface area contributed by atoms with Crippen molar-refractivity contribution in [1.82, 2.24) is 4.98 Å². The van der Waals surface area contributed by atoms with Crippen LogP contribution in [-0.4, -0.2) is 11.6 Å². The maximum absolute atomic E-state index is 13.6. The molecule has 0 spiro atoms. The smallest absolute Gasteiger partial charge is 0.268 e. The maximum Gasteiger partial charge on any atom is 0.268 e. The van der Waals surface area contributed by atoms with Gasteiger partial charge in [0.05, 0.1) is 13.2 Å². The van der Waals surface area contributed by atoms with Gasteiger partial charge in [0.25, 0.3) is 5.56 Å². The van der Waals surface area contributed by atoms with Gasteiger partial charge in [-0.1, -0.05) is 12.1 Å². The van der Waals surface area contributed by atoms with Crippen molar-refractivity contribution in [3.05, 3.63) is 63.7 Å². The van der Waals surface area contributed by atoms with E-state index in [2.05, 4.69) is 11.6 Å². The summed E-state index contributed by atoms with van der Waals surface area (Å²) in [7, 11) is 0. The van der Waals surface area contributed by atoms with Gasteiger partial charge < -0.3 is 15.5 Å². The first kappa shape index (κ1) is 16.9. The number of rotatable bonds is 5. The molecule has 6 nitrogen and oxygen atoms in total. The minimum absolute atomic E-state index is 0.0154. The summed E-state index contributed by atoms with van der Waals surface area (Å²) in [5.74, 6) is -0.662. The number of anilines is 1. The Kier molecular flexibility index (Phi) is 5.10. The van der Waals surface area contributed by atoms with Gasteiger partial charge in [-0.3, -0.25) is 4.79 Å². The Morgan fingerprint density at radius 2 is 2.04 bits per heavy atom. The largest absolute Gasteiger partial charge is 0.384 e. The van der Waals surface area contributed by atoms with Crippen LogP contribution in [-0.2, 0) is 11.3 Å². The van der Waals surface area contributed by atoms with Gasteiger partial charge in [-0.2, -0.15) is 10.5 Å². The molecule has 0 bridgehead atoms. The first-order valence-corrected chi connectivity index (χ1v) is 6.86. The summed E-state index contributed by atoms with van der Waals surface area (Å²) >= 11 is 0. The Morgan fingerprint density at radius 1 is 1.33 bits per heavy atom. The number of hydrogen-bond donors (Lipinski definition) is 2. The average molecular weight is 324 g/mol. The normalized spacial score (nSPS) is 9.96. The number of nitrogens with zero attached hydrogens (tertiary/aromatic N) is 2. The molecule has 1 aromatic heterocycles. The molecule has 0 fully saturated rings. The van der Waals surface area contributed by atoms with Gasteiger partial charge in [-0.15, -0.1) is 6.58 Å². The highest BCUT2D eigenvalue weighted by Gasteiger charge is 2.20. The zero-order chi connectivity index (χ0) is 17.7. The minimum atomic E-state index is -0.716. The summed E-state index contributed by atoms with van der Waals surface area (Å²) in [6.45, 7) is 3.78. The van der Waals surface area contributed by atoms with E-state index in [0.717, 1.165) is 0 Å². The van der Waals surface area contributed by atoms with Gasteiger partial charge >= 0.3 is 0 Å². The van der Waals surface area contributed by atoms with Crippen LogP contribution in [0.4, 0.5) is 10.2 Å². The number of nitriles is 2. The highest BCUT2D eigenvalue weighted by atomic mass is 19.1. The molecule has 0 amide bonds. The highest BCUT2D eigenvalue weighted by molar-refractivity contribution is 5.81. The zero-order valence-corrected chi connectivity index (χ0v) is 12.6. The number of aromatic nitrogens is 1. The van der Waals surface area contributed by atoms with E-state index in [1.165, 1.54) is 24.3 Å². The maximum atomic E-state index is 13.6. The molecule has 3 N–H and O–H groups in total. The van der Waals surface area contributed by atoms with Crippen LogP contribution in [0.5, 0.6) is 0 Å². The van der Waals surface area contributed by atoms with Gasteiger partial charge in [-0.25, -0.2) is 4.39 Å². The fraction of sp³-hybridized carbons (Fsp3) is 0.118. The van der Waals surface area contributed by atoms with Crippen LogP contribution >= 0.6 is 0 Å². The van der Waals surface area contributed by atoms with Crippen molar-refractivity contribution < 1.29 is 9.13 Å². The molecular weight excluding hydrogens is 311 g/mol. The number of nitrogen functional groups attached to an aromatic ring is 1. The van der Waals surface area contributed by atoms with E-state index in [4.69, 9.17) is 10.5 Å². The molecule has 0 aliphatic heterocycles. The minimum Gasteiger partial charge on any atom is -0.384 e. The van der Waals surface area contributed by atoms with Crippen LogP contribution in [0.3, 0.4) is 0 Å². The first-order chi connectivity index (χ1) is 11.5. The SMILES string of the molecule is C=CCOCc1cc(F)ccc1-c1c(C#N)c(N)[nH]c(=O)c1C#N. The number of hydrogen-bond acceptors (Lipinski definition) is 5. The Morgan fingerprint density at radius 3 is 2.67 bits per heavy atom. The molecule has 1 aromatic carbocycles. The highest BCUT2D eigenvalue weighted by Crippen LogP contribution is 2.31. The molecule has 24 heavy (non-hydrogen) atoms. The van der Waals surface area contributed by atoms with Gasteiger partial charge in [0.15, 0.2) is 0 Å². The number of nitrogens with two attached hydrogens (primary N) is 1. The van der Waals surface area contributed by atoms with E-state index in [0.29, 0.717) is 11.1 Å². The molecule has 2 aromatic rings. The van der Waals surface area contributed by atoms with Gasteiger partial charge in [0.1, 0.15) is 34.9 Å². The summed E-state index contributed by atoms with van der Waals surface area (Å²) in [6, 6.07) is 7.43. The molecule has 0 aliphatic rings. The number of aromatic amines is 1. The third-order valence-electron chi connectivity index (χ3n) is 3.30. The summed E-state index contributed by atoms with van der Waals surface area (Å²) in [4.78, 5) is 14.2. The number of benzene rings is 1. The third kappa shape index (κ3) is 3.17. The molecule has 120 valence electrons. The predicted octanol–water partition coefficient (Wildman–Crippen LogP) is 2.21. The number of nitrogens with one attached hydrogen (secondary N) is 1. The van der Waals surface area contributed by atoms with Gasteiger partial charge in [0, 0.05) is 5.56 Å². The lowest BCUT2D eigenvalue weighted by Crippen LogP contribution is -2.17. The lowest BCUT2D eigenvalue weighted by atomic mass is 9.93. The van der Waals surface area contributed by atoms with Crippen LogP contribution in [0.15, 0.2) is 35.6 Å². The Hall–Kier alpha value is -3.42. The summed E-state index contributed by atoms with van der Waals surface area (Å²) in [5, 5.41) is 18.6. The summed E-state index contributed by atoms with van der Waals surface area (Å²) in [6.07, 6.45) is 1.53. The number of ether oxygens (including phenoxy) is 1. The second-order valence-electron chi connectivity index (χ2n) is 4.82. The molecule has 1 heterocycles. The van der Waals surface area contributed by atoms with Crippen LogP contribution in [0.25, 0.3) is 11.1 Å². The summed E-state index contributed by atoms with van der Waals surface area (Å²) < 4.78 is 18.9. The van der Waals surface area contributed by atoms with Crippen molar-refractivity contribution in [1.29, 1.82) is 10.5 Å². The van der Waals surface area contributed by atoms with Crippen LogP contribution in [0, 0.1) is 28.5 Å². The molecular formula is C17H13FN4O2. The molecule has 0 aliphatic carbocycles. The van der Waals surface area contributed by atoms with E-state index in [1.54, 1.807) is 6.07 Å². The third-order valence-corrected chi connectivity index (χ3v) is 3.30. The number of H-pyrrole nitrogens is 1. The lowest BCUT2D eigenvalue weighted by Gasteiger charge is -2.13. The first-order valence-electron chi connectivity index (χ1n) is 6.86. The topological polar surface area (TPSA) is 116 Å². The molecule has 0 saturated heterocycles. The van der Waals surface area contributed by atoms with Crippen molar-refractivity contribution in [2.75, 3.05) is 12.3 Å². The van der Waals surface area contributed by atoms with E-state index in [9.17, 15) is 19.7 Å². The number of pyridine rings is 1. The lowest BCUT2D eigenvalue weighted by molar-refractivity contribution is 0.149. The quantitative estimate of drug-likeness (QED) is 0.646. The van der Waals surface area contributed by atoms with Crippen molar-refractivity contribution in [3.8, 4) is 23.3 Å². The molecule has 2 rings (SSSR count). The second-order valence-corrected chi connectivity index (χ2v) is 4.82. The standard InChI is InChI=1S/C17H13FN4O2/c1-2-5-24-9-10-6-11(18)3-4-12(10)15-13(7-19)16(21)22-17(23)14(15)8-20/h2-4,6H,1,5,9H2,(H3,21,22,23). The monoisotopic (exact) mass is 324 g/mol. The second kappa shape index (κ2) is 7.23. The van der Waals surface area contributed by atoms with Crippen molar-refractivity contribution >= 4 is 5.82 Å². The molecule has 0 saturated carbocycles. The number of halogens is 1. The molecule has 0 radical (unpaired) electrons. The Bertz CT molecular complexity index is 935. The molecule has 7 heteroatoms. The van der Waals surface area contributed by atoms with Crippen LogP contribution in [0.2, 0.25) is 0 Å². The van der Waals surface area contributed by atoms with E-state index < -0.39 is 11.4 Å². The van der Waals surface area contributed by atoms with Gasteiger partial charge in [-0.05, 0) is 23.3 Å². The Labute approximate surface area is 137 Å². The van der Waals surface area contributed by atoms with E-state index >= 15 is 0 Å². The van der Waals surface area contributed by atoms with Crippen LogP contribution < -0.4 is 11.3 Å². The molecule has 0 atom stereocenters. The fourth-order valence-corrected chi connectivity index (χ4v) is 2.29. The fourth-order valence-electron chi connectivity index (χ4n) is 2.29. The van der Waals surface area contributed by atoms with E-state index in [1.807, 2.05) is 6.07 Å². The zero-order valence-electron chi connectivity index (χ0n) is 12.6. The molecule has 0 unspecified atom stereocenters. The van der Waals surface area contributed by atoms with Crippen molar-refractivity contribution in [3.63, 3.8) is 0 Å². The van der Waals surface area contributed by atoms with Crippen molar-refractivity contribution in [2.24, 2.45) is 0 Å². The van der Waals surface area contributed by atoms with Crippen LogP contribution in [0.1, 0.15) is 16.7 Å². The average Bonchev–Trinajstić information content (AvgIpc) is 2.55. The Balaban J connectivity index is 2.77. The van der Waals surface area contributed by atoms with Crippen molar-refractivity contribution in [2.45, 2.75) is 6.61 Å².